The number of unbranched alkanes of at least 4 members (excludes halogenated alkanes) is 3. The molecular weight excluding hydrogens is 576 g/mol. The number of fused-ring (bicyclic) bond motifs is 1. The van der Waals surface area contributed by atoms with Crippen molar-refractivity contribution in [1.82, 2.24) is 14.7 Å². The summed E-state index contributed by atoms with van der Waals surface area (Å²) in [5, 5.41) is 9.23. The number of anilines is 1. The molecule has 1 aromatic carbocycles. The van der Waals surface area contributed by atoms with E-state index in [0.29, 0.717) is 39.4 Å². The predicted octanol–water partition coefficient (Wildman–Crippen LogP) is 3.20. The summed E-state index contributed by atoms with van der Waals surface area (Å²) in [7, 11) is 0. The SMILES string of the molecule is C=CCN(CCN1CCOCC1)C(=O)C1N(CCCCCCO)C(=O)[C@@H]2[C@H](C(=O)N(CC=C)c3ccccc3)[C@@H]3CCC12S3. The largest absolute Gasteiger partial charge is 0.396 e. The van der Waals surface area contributed by atoms with Gasteiger partial charge in [-0.25, -0.2) is 0 Å². The Morgan fingerprint density at radius 1 is 1.02 bits per heavy atom. The number of hydrogen-bond acceptors (Lipinski definition) is 7. The number of aliphatic hydroxyl groups excluding tert-OH is 1. The zero-order valence-electron chi connectivity index (χ0n) is 25.9. The number of amides is 3. The van der Waals surface area contributed by atoms with Gasteiger partial charge in [0.1, 0.15) is 6.04 Å². The fraction of sp³-hybridized carbons (Fsp3) is 0.618. The smallest absolute Gasteiger partial charge is 0.247 e. The Morgan fingerprint density at radius 2 is 1.75 bits per heavy atom. The number of carbonyl (C=O) groups is 3. The fourth-order valence-electron chi connectivity index (χ4n) is 7.65. The molecule has 4 aliphatic rings. The minimum Gasteiger partial charge on any atom is -0.396 e. The number of likely N-dealkylation sites (tertiary alicyclic amines) is 1. The van der Waals surface area contributed by atoms with E-state index in [0.717, 1.165) is 63.8 Å². The second-order valence-electron chi connectivity index (χ2n) is 12.3. The zero-order valence-corrected chi connectivity index (χ0v) is 26.7. The quantitative estimate of drug-likeness (QED) is 0.223. The van der Waals surface area contributed by atoms with Gasteiger partial charge in [-0.05, 0) is 37.8 Å². The van der Waals surface area contributed by atoms with E-state index in [1.165, 1.54) is 0 Å². The molecule has 44 heavy (non-hydrogen) atoms. The molecule has 1 N–H and O–H groups in total. The maximum atomic E-state index is 14.6. The first kappa shape index (κ1) is 32.7. The van der Waals surface area contributed by atoms with E-state index in [1.807, 2.05) is 40.1 Å². The summed E-state index contributed by atoms with van der Waals surface area (Å²) in [6, 6.07) is 8.97. The molecule has 4 aliphatic heterocycles. The Bertz CT molecular complexity index is 1180. The monoisotopic (exact) mass is 624 g/mol. The first-order valence-corrected chi connectivity index (χ1v) is 17.1. The number of benzene rings is 1. The van der Waals surface area contributed by atoms with Crippen LogP contribution in [0.3, 0.4) is 0 Å². The molecule has 4 heterocycles. The van der Waals surface area contributed by atoms with Crippen LogP contribution in [-0.4, -0.2) is 119 Å². The molecule has 0 aliphatic carbocycles. The maximum absolute atomic E-state index is 14.6. The van der Waals surface area contributed by atoms with Gasteiger partial charge in [-0.1, -0.05) is 43.2 Å². The number of morpholine rings is 1. The standard InChI is InChI=1S/C34H48N4O5S/c1-3-16-36(20-19-35-21-24-43-25-22-35)33(42)30-34-15-14-27(44-34)28(29(34)32(41)38(30)18-10-5-6-11-23-39)31(40)37(17-4-2)26-12-8-7-9-13-26/h3-4,7-9,12-13,27-30,39H,1-2,5-6,10-11,14-25H2/t27-,28+,29-,30?,34?/m0/s1. The van der Waals surface area contributed by atoms with Gasteiger partial charge >= 0.3 is 0 Å². The van der Waals surface area contributed by atoms with Crippen molar-refractivity contribution in [3.8, 4) is 0 Å². The van der Waals surface area contributed by atoms with Crippen molar-refractivity contribution >= 4 is 35.2 Å². The number of rotatable bonds is 16. The van der Waals surface area contributed by atoms with E-state index < -0.39 is 22.6 Å². The summed E-state index contributed by atoms with van der Waals surface area (Å²) in [6.45, 7) is 13.6. The van der Waals surface area contributed by atoms with Gasteiger partial charge in [-0.3, -0.25) is 19.3 Å². The highest BCUT2D eigenvalue weighted by atomic mass is 32.2. The third-order valence-electron chi connectivity index (χ3n) is 9.72. The van der Waals surface area contributed by atoms with Crippen molar-refractivity contribution in [2.75, 3.05) is 70.5 Å². The van der Waals surface area contributed by atoms with Crippen LogP contribution in [0.15, 0.2) is 55.6 Å². The molecule has 3 amide bonds. The van der Waals surface area contributed by atoms with Crippen LogP contribution in [0.25, 0.3) is 0 Å². The molecule has 10 heteroatoms. The number of nitrogens with zero attached hydrogens (tertiary/aromatic N) is 4. The lowest BCUT2D eigenvalue weighted by Gasteiger charge is -2.38. The minimum atomic E-state index is -0.626. The summed E-state index contributed by atoms with van der Waals surface area (Å²) in [5.74, 6) is -1.17. The molecule has 5 rings (SSSR count). The maximum Gasteiger partial charge on any atom is 0.247 e. The van der Waals surface area contributed by atoms with E-state index in [4.69, 9.17) is 4.74 Å². The van der Waals surface area contributed by atoms with Crippen LogP contribution in [-0.2, 0) is 19.1 Å². The van der Waals surface area contributed by atoms with E-state index in [2.05, 4.69) is 18.1 Å². The average molecular weight is 625 g/mol. The van der Waals surface area contributed by atoms with Crippen LogP contribution in [0.5, 0.6) is 0 Å². The Kier molecular flexibility index (Phi) is 11.2. The number of hydrogen-bond donors (Lipinski definition) is 1. The Morgan fingerprint density at radius 3 is 2.45 bits per heavy atom. The number of carbonyl (C=O) groups excluding carboxylic acids is 3. The van der Waals surface area contributed by atoms with Gasteiger partial charge in [0.2, 0.25) is 17.7 Å². The van der Waals surface area contributed by atoms with Crippen molar-refractivity contribution < 1.29 is 24.2 Å². The molecule has 4 saturated heterocycles. The topological polar surface area (TPSA) is 93.6 Å². The fourth-order valence-corrected chi connectivity index (χ4v) is 9.85. The van der Waals surface area contributed by atoms with Crippen LogP contribution in [0.2, 0.25) is 0 Å². The summed E-state index contributed by atoms with van der Waals surface area (Å²) in [6.07, 6.45) is 8.28. The van der Waals surface area contributed by atoms with Crippen LogP contribution < -0.4 is 4.90 Å². The highest BCUT2D eigenvalue weighted by Crippen LogP contribution is 2.66. The van der Waals surface area contributed by atoms with Crippen molar-refractivity contribution in [3.63, 3.8) is 0 Å². The van der Waals surface area contributed by atoms with Gasteiger partial charge in [-0.2, -0.15) is 0 Å². The summed E-state index contributed by atoms with van der Waals surface area (Å²) >= 11 is 1.72. The van der Waals surface area contributed by atoms with E-state index in [9.17, 15) is 19.5 Å². The lowest BCUT2D eigenvalue weighted by molar-refractivity contribution is -0.142. The van der Waals surface area contributed by atoms with Crippen LogP contribution in [0.4, 0.5) is 5.69 Å². The molecule has 0 aromatic heterocycles. The number of para-hydroxylation sites is 1. The predicted molar refractivity (Wildman–Crippen MR) is 174 cm³/mol. The first-order chi connectivity index (χ1) is 21.5. The van der Waals surface area contributed by atoms with E-state index >= 15 is 0 Å². The normalized spacial score (nSPS) is 27.8. The Labute approximate surface area is 266 Å². The summed E-state index contributed by atoms with van der Waals surface area (Å²) in [5.41, 5.74) is 0.790. The molecule has 2 unspecified atom stereocenters. The van der Waals surface area contributed by atoms with Crippen molar-refractivity contribution in [3.05, 3.63) is 55.6 Å². The lowest BCUT2D eigenvalue weighted by atomic mass is 9.70. The number of ether oxygens (including phenoxy) is 1. The molecule has 240 valence electrons. The van der Waals surface area contributed by atoms with Crippen molar-refractivity contribution in [2.24, 2.45) is 11.8 Å². The molecule has 1 spiro atoms. The van der Waals surface area contributed by atoms with Crippen LogP contribution in [0, 0.1) is 11.8 Å². The third-order valence-corrected chi connectivity index (χ3v) is 11.7. The molecule has 1 aromatic rings. The first-order valence-electron chi connectivity index (χ1n) is 16.2. The minimum absolute atomic E-state index is 0.00399. The van der Waals surface area contributed by atoms with Gasteiger partial charge in [-0.15, -0.1) is 24.9 Å². The molecule has 0 radical (unpaired) electrons. The summed E-state index contributed by atoms with van der Waals surface area (Å²) in [4.78, 5) is 51.3. The zero-order chi connectivity index (χ0) is 31.1. The van der Waals surface area contributed by atoms with Gasteiger partial charge < -0.3 is 24.5 Å². The van der Waals surface area contributed by atoms with E-state index in [-0.39, 0.29) is 29.6 Å². The van der Waals surface area contributed by atoms with Crippen molar-refractivity contribution in [1.29, 1.82) is 0 Å². The van der Waals surface area contributed by atoms with E-state index in [1.54, 1.807) is 28.8 Å². The number of aliphatic hydroxyl groups is 1. The third kappa shape index (κ3) is 6.50. The second-order valence-corrected chi connectivity index (χ2v) is 13.9. The molecule has 2 bridgehead atoms. The molecule has 9 nitrogen and oxygen atoms in total. The van der Waals surface area contributed by atoms with Gasteiger partial charge in [0, 0.05) is 63.4 Å². The molecular formula is C34H48N4O5S. The van der Waals surface area contributed by atoms with Crippen LogP contribution >= 0.6 is 11.8 Å². The van der Waals surface area contributed by atoms with Gasteiger partial charge in [0.05, 0.1) is 29.8 Å². The molecule has 4 fully saturated rings. The second kappa shape index (κ2) is 15.1. The number of thioether (sulfide) groups is 1. The Hall–Kier alpha value is -2.66. The summed E-state index contributed by atoms with van der Waals surface area (Å²) < 4.78 is 4.88. The highest BCUT2D eigenvalue weighted by Gasteiger charge is 2.74. The lowest BCUT2D eigenvalue weighted by Crippen LogP contribution is -2.56. The van der Waals surface area contributed by atoms with Crippen molar-refractivity contribution in [2.45, 2.75) is 54.6 Å². The Balaban J connectivity index is 1.44. The van der Waals surface area contributed by atoms with Crippen LogP contribution in [0.1, 0.15) is 38.5 Å². The highest BCUT2D eigenvalue weighted by molar-refractivity contribution is 8.02. The molecule has 0 saturated carbocycles. The molecule has 5 atom stereocenters. The average Bonchev–Trinajstić information content (AvgIpc) is 3.69. The van der Waals surface area contributed by atoms with Gasteiger partial charge in [0.25, 0.3) is 0 Å². The van der Waals surface area contributed by atoms with Gasteiger partial charge in [0.15, 0.2) is 0 Å².